The summed E-state index contributed by atoms with van der Waals surface area (Å²) in [7, 11) is 0. The Morgan fingerprint density at radius 2 is 2.00 bits per heavy atom. The standard InChI is InChI=1S/C12H7ClINOS/c13-8-3-1-7(2-4-8)11(16)12-10(14)5-9(6-15)17-12/h1-5,11,16H. The van der Waals surface area contributed by atoms with Gasteiger partial charge in [0.25, 0.3) is 0 Å². The highest BCUT2D eigenvalue weighted by Crippen LogP contribution is 2.33. The summed E-state index contributed by atoms with van der Waals surface area (Å²) in [4.78, 5) is 1.40. The SMILES string of the molecule is N#Cc1cc(I)c(C(O)c2ccc(Cl)cc2)s1. The van der Waals surface area contributed by atoms with Crippen molar-refractivity contribution < 1.29 is 5.11 Å². The Balaban J connectivity index is 2.36. The van der Waals surface area contributed by atoms with E-state index in [1.54, 1.807) is 30.3 Å². The fraction of sp³-hybridized carbons (Fsp3) is 0.0833. The third-order valence-electron chi connectivity index (χ3n) is 2.26. The van der Waals surface area contributed by atoms with E-state index in [1.165, 1.54) is 11.3 Å². The van der Waals surface area contributed by atoms with Crippen LogP contribution in [0.1, 0.15) is 21.4 Å². The highest BCUT2D eigenvalue weighted by atomic mass is 127. The quantitative estimate of drug-likeness (QED) is 0.808. The summed E-state index contributed by atoms with van der Waals surface area (Å²) in [5, 5.41) is 19.7. The second kappa shape index (κ2) is 5.36. The zero-order chi connectivity index (χ0) is 12.4. The molecule has 0 saturated heterocycles. The van der Waals surface area contributed by atoms with Crippen LogP contribution in [-0.2, 0) is 0 Å². The summed E-state index contributed by atoms with van der Waals surface area (Å²) in [6.07, 6.45) is -0.703. The van der Waals surface area contributed by atoms with E-state index in [9.17, 15) is 5.11 Å². The molecular formula is C12H7ClINOS. The minimum absolute atomic E-state index is 0.609. The maximum Gasteiger partial charge on any atom is 0.114 e. The molecule has 2 nitrogen and oxygen atoms in total. The van der Waals surface area contributed by atoms with Crippen molar-refractivity contribution in [1.82, 2.24) is 0 Å². The van der Waals surface area contributed by atoms with Gasteiger partial charge in [-0.3, -0.25) is 0 Å². The number of thiophene rings is 1. The molecule has 2 rings (SSSR count). The highest BCUT2D eigenvalue weighted by Gasteiger charge is 2.17. The van der Waals surface area contributed by atoms with Gasteiger partial charge in [-0.25, -0.2) is 0 Å². The average Bonchev–Trinajstić information content (AvgIpc) is 2.71. The van der Waals surface area contributed by atoms with Crippen LogP contribution in [0.15, 0.2) is 30.3 Å². The summed E-state index contributed by atoms with van der Waals surface area (Å²) >= 11 is 9.24. The maximum atomic E-state index is 10.2. The van der Waals surface area contributed by atoms with Gasteiger partial charge in [0.1, 0.15) is 17.1 Å². The molecule has 0 bridgehead atoms. The lowest BCUT2D eigenvalue weighted by Crippen LogP contribution is -1.98. The molecule has 1 atom stereocenters. The number of hydrogen-bond donors (Lipinski definition) is 1. The number of hydrogen-bond acceptors (Lipinski definition) is 3. The smallest absolute Gasteiger partial charge is 0.114 e. The molecule has 0 spiro atoms. The zero-order valence-electron chi connectivity index (χ0n) is 8.52. The van der Waals surface area contributed by atoms with Crippen LogP contribution < -0.4 is 0 Å². The van der Waals surface area contributed by atoms with Gasteiger partial charge < -0.3 is 5.11 Å². The van der Waals surface area contributed by atoms with Crippen LogP contribution in [0, 0.1) is 14.9 Å². The Morgan fingerprint density at radius 1 is 1.35 bits per heavy atom. The van der Waals surface area contributed by atoms with Crippen molar-refractivity contribution in [2.24, 2.45) is 0 Å². The van der Waals surface area contributed by atoms with Gasteiger partial charge in [-0.1, -0.05) is 23.7 Å². The molecule has 1 heterocycles. The predicted octanol–water partition coefficient (Wildman–Crippen LogP) is 3.96. The van der Waals surface area contributed by atoms with Crippen molar-refractivity contribution >= 4 is 45.5 Å². The molecular weight excluding hydrogens is 369 g/mol. The summed E-state index contributed by atoms with van der Waals surface area (Å²) in [5.74, 6) is 0. The topological polar surface area (TPSA) is 44.0 Å². The summed E-state index contributed by atoms with van der Waals surface area (Å²) in [5.41, 5.74) is 0.777. The van der Waals surface area contributed by atoms with E-state index in [0.29, 0.717) is 9.90 Å². The molecule has 17 heavy (non-hydrogen) atoms. The Kier molecular flexibility index (Phi) is 4.05. The molecule has 0 aliphatic heterocycles. The number of aliphatic hydroxyl groups excluding tert-OH is 1. The van der Waals surface area contributed by atoms with E-state index in [0.717, 1.165) is 14.0 Å². The maximum absolute atomic E-state index is 10.2. The summed E-state index contributed by atoms with van der Waals surface area (Å²) in [6, 6.07) is 10.9. The first-order valence-electron chi connectivity index (χ1n) is 4.74. The first kappa shape index (κ1) is 12.8. The second-order valence-electron chi connectivity index (χ2n) is 3.39. The minimum Gasteiger partial charge on any atom is -0.383 e. The van der Waals surface area contributed by atoms with Crippen LogP contribution in [0.25, 0.3) is 0 Å². The molecule has 0 saturated carbocycles. The second-order valence-corrected chi connectivity index (χ2v) is 6.07. The van der Waals surface area contributed by atoms with Gasteiger partial charge in [-0.15, -0.1) is 11.3 Å². The van der Waals surface area contributed by atoms with Crippen molar-refractivity contribution in [1.29, 1.82) is 5.26 Å². The minimum atomic E-state index is -0.703. The van der Waals surface area contributed by atoms with E-state index >= 15 is 0 Å². The number of benzene rings is 1. The van der Waals surface area contributed by atoms with Gasteiger partial charge in [0.05, 0.1) is 4.88 Å². The van der Waals surface area contributed by atoms with Crippen LogP contribution in [0.3, 0.4) is 0 Å². The molecule has 0 amide bonds. The fourth-order valence-corrected chi connectivity index (χ4v) is 3.56. The van der Waals surface area contributed by atoms with E-state index in [-0.39, 0.29) is 0 Å². The van der Waals surface area contributed by atoms with E-state index in [4.69, 9.17) is 16.9 Å². The Morgan fingerprint density at radius 3 is 2.53 bits per heavy atom. The molecule has 1 N–H and O–H groups in total. The predicted molar refractivity (Wildman–Crippen MR) is 77.3 cm³/mol. The third-order valence-corrected chi connectivity index (χ3v) is 4.86. The molecule has 5 heteroatoms. The largest absolute Gasteiger partial charge is 0.383 e. The molecule has 1 aromatic heterocycles. The number of halogens is 2. The molecule has 2 aromatic rings. The number of rotatable bonds is 2. The van der Waals surface area contributed by atoms with Crippen molar-refractivity contribution in [3.8, 4) is 6.07 Å². The summed E-state index contributed by atoms with van der Waals surface area (Å²) in [6.45, 7) is 0. The molecule has 0 radical (unpaired) electrons. The lowest BCUT2D eigenvalue weighted by Gasteiger charge is -2.09. The average molecular weight is 376 g/mol. The lowest BCUT2D eigenvalue weighted by molar-refractivity contribution is 0.223. The number of aliphatic hydroxyl groups is 1. The van der Waals surface area contributed by atoms with Gasteiger partial charge in [0.15, 0.2) is 0 Å². The first-order valence-corrected chi connectivity index (χ1v) is 7.02. The van der Waals surface area contributed by atoms with Crippen molar-refractivity contribution in [2.45, 2.75) is 6.10 Å². The Bertz CT molecular complexity index is 573. The first-order chi connectivity index (χ1) is 8.11. The van der Waals surface area contributed by atoms with Gasteiger partial charge in [-0.2, -0.15) is 5.26 Å². The molecule has 1 aromatic carbocycles. The molecule has 86 valence electrons. The van der Waals surface area contributed by atoms with Crippen LogP contribution in [0.4, 0.5) is 0 Å². The van der Waals surface area contributed by atoms with Crippen molar-refractivity contribution in [3.05, 3.63) is 54.2 Å². The molecule has 0 aliphatic rings. The van der Waals surface area contributed by atoms with Crippen LogP contribution in [0.5, 0.6) is 0 Å². The zero-order valence-corrected chi connectivity index (χ0v) is 12.3. The van der Waals surface area contributed by atoms with Crippen molar-refractivity contribution in [3.63, 3.8) is 0 Å². The van der Waals surface area contributed by atoms with E-state index < -0.39 is 6.10 Å². The number of nitrogens with zero attached hydrogens (tertiary/aromatic N) is 1. The third kappa shape index (κ3) is 2.80. The fourth-order valence-electron chi connectivity index (χ4n) is 1.42. The highest BCUT2D eigenvalue weighted by molar-refractivity contribution is 14.1. The van der Waals surface area contributed by atoms with Crippen LogP contribution in [-0.4, -0.2) is 5.11 Å². The van der Waals surface area contributed by atoms with E-state index in [1.807, 2.05) is 0 Å². The Labute approximate surface area is 122 Å². The molecule has 0 fully saturated rings. The normalized spacial score (nSPS) is 12.1. The van der Waals surface area contributed by atoms with Crippen LogP contribution in [0.2, 0.25) is 5.02 Å². The molecule has 0 aliphatic carbocycles. The van der Waals surface area contributed by atoms with Gasteiger partial charge in [0.2, 0.25) is 0 Å². The number of nitriles is 1. The Hall–Kier alpha value is -0.610. The summed E-state index contributed by atoms with van der Waals surface area (Å²) < 4.78 is 0.909. The molecule has 1 unspecified atom stereocenters. The van der Waals surface area contributed by atoms with Crippen LogP contribution >= 0.6 is 45.5 Å². The van der Waals surface area contributed by atoms with Crippen molar-refractivity contribution in [2.75, 3.05) is 0 Å². The van der Waals surface area contributed by atoms with Gasteiger partial charge in [0, 0.05) is 8.59 Å². The van der Waals surface area contributed by atoms with Gasteiger partial charge >= 0.3 is 0 Å². The van der Waals surface area contributed by atoms with E-state index in [2.05, 4.69) is 28.7 Å². The lowest BCUT2D eigenvalue weighted by atomic mass is 10.1. The monoisotopic (exact) mass is 375 g/mol. The van der Waals surface area contributed by atoms with Gasteiger partial charge in [-0.05, 0) is 46.4 Å².